The topological polar surface area (TPSA) is 64.4 Å². The molecule has 0 saturated heterocycles. The number of carbonyl (C=O) groups is 1. The summed E-state index contributed by atoms with van der Waals surface area (Å²) in [6.07, 6.45) is 3.77. The first-order valence-corrected chi connectivity index (χ1v) is 7.50. The van der Waals surface area contributed by atoms with Gasteiger partial charge in [-0.25, -0.2) is 4.39 Å². The molecule has 1 atom stereocenters. The Morgan fingerprint density at radius 3 is 2.81 bits per heavy atom. The van der Waals surface area contributed by atoms with E-state index in [2.05, 4.69) is 5.32 Å². The molecule has 0 aliphatic heterocycles. The molecule has 2 fully saturated rings. The summed E-state index contributed by atoms with van der Waals surface area (Å²) < 4.78 is 19.5. The fourth-order valence-corrected chi connectivity index (χ4v) is 2.18. The van der Waals surface area contributed by atoms with E-state index in [1.807, 2.05) is 6.92 Å². The maximum absolute atomic E-state index is 14.0. The molecule has 5 heteroatoms. The number of benzene rings is 1. The maximum atomic E-state index is 14.0. The van der Waals surface area contributed by atoms with Crippen LogP contribution in [0.4, 0.5) is 4.39 Å². The monoisotopic (exact) mass is 292 g/mol. The van der Waals surface area contributed by atoms with Crippen LogP contribution in [-0.4, -0.2) is 18.1 Å². The van der Waals surface area contributed by atoms with Gasteiger partial charge in [-0.3, -0.25) is 4.79 Å². The van der Waals surface area contributed by atoms with Gasteiger partial charge in [-0.05, 0) is 56.2 Å². The average molecular weight is 292 g/mol. The fourth-order valence-electron chi connectivity index (χ4n) is 2.18. The Kier molecular flexibility index (Phi) is 3.61. The van der Waals surface area contributed by atoms with Gasteiger partial charge in [0.25, 0.3) is 0 Å². The SMILES string of the molecule is CC(NC(=O)C1(N)CC1)c1ccc(OCC2CC2)c(F)c1. The van der Waals surface area contributed by atoms with Gasteiger partial charge in [0.05, 0.1) is 18.2 Å². The van der Waals surface area contributed by atoms with Gasteiger partial charge < -0.3 is 15.8 Å². The van der Waals surface area contributed by atoms with Crippen molar-refractivity contribution in [3.05, 3.63) is 29.6 Å². The summed E-state index contributed by atoms with van der Waals surface area (Å²) in [5, 5.41) is 2.83. The molecule has 1 aromatic carbocycles. The molecule has 2 aliphatic rings. The molecule has 2 aliphatic carbocycles. The predicted molar refractivity (Wildman–Crippen MR) is 77.3 cm³/mol. The first-order valence-electron chi connectivity index (χ1n) is 7.50. The molecule has 1 amide bonds. The van der Waals surface area contributed by atoms with Crippen LogP contribution in [0.5, 0.6) is 5.75 Å². The molecule has 0 heterocycles. The number of halogens is 1. The van der Waals surface area contributed by atoms with Crippen molar-refractivity contribution in [3.63, 3.8) is 0 Å². The quantitative estimate of drug-likeness (QED) is 0.845. The van der Waals surface area contributed by atoms with Crippen LogP contribution in [0.25, 0.3) is 0 Å². The van der Waals surface area contributed by atoms with Crippen molar-refractivity contribution in [3.8, 4) is 5.75 Å². The minimum atomic E-state index is -0.708. The van der Waals surface area contributed by atoms with Crippen LogP contribution in [0.3, 0.4) is 0 Å². The smallest absolute Gasteiger partial charge is 0.240 e. The zero-order valence-corrected chi connectivity index (χ0v) is 12.2. The highest BCUT2D eigenvalue weighted by molar-refractivity contribution is 5.89. The van der Waals surface area contributed by atoms with Gasteiger partial charge in [0.1, 0.15) is 0 Å². The van der Waals surface area contributed by atoms with Gasteiger partial charge >= 0.3 is 0 Å². The van der Waals surface area contributed by atoms with Crippen LogP contribution in [0.1, 0.15) is 44.2 Å². The average Bonchev–Trinajstić information content (AvgIpc) is 3.34. The third kappa shape index (κ3) is 3.35. The lowest BCUT2D eigenvalue weighted by molar-refractivity contribution is -0.123. The summed E-state index contributed by atoms with van der Waals surface area (Å²) in [5.41, 5.74) is 5.84. The zero-order chi connectivity index (χ0) is 15.0. The normalized spacial score (nSPS) is 20.7. The molecule has 1 aromatic rings. The summed E-state index contributed by atoms with van der Waals surface area (Å²) in [4.78, 5) is 11.9. The second-order valence-electron chi connectivity index (χ2n) is 6.30. The van der Waals surface area contributed by atoms with Gasteiger partial charge in [0.2, 0.25) is 5.91 Å². The van der Waals surface area contributed by atoms with E-state index in [1.54, 1.807) is 12.1 Å². The molecule has 2 saturated carbocycles. The minimum Gasteiger partial charge on any atom is -0.490 e. The van der Waals surface area contributed by atoms with Gasteiger partial charge in [-0.15, -0.1) is 0 Å². The number of hydrogen-bond acceptors (Lipinski definition) is 3. The molecule has 114 valence electrons. The Morgan fingerprint density at radius 1 is 1.52 bits per heavy atom. The standard InChI is InChI=1S/C16H21FN2O2/c1-10(19-15(20)16(18)6-7-16)12-4-5-14(13(17)8-12)21-9-11-2-3-11/h4-5,8,10-11H,2-3,6-7,9,18H2,1H3,(H,19,20). The zero-order valence-electron chi connectivity index (χ0n) is 12.2. The summed E-state index contributed by atoms with van der Waals surface area (Å²) in [6, 6.07) is 4.56. The van der Waals surface area contributed by atoms with Crippen molar-refractivity contribution in [2.45, 2.75) is 44.2 Å². The van der Waals surface area contributed by atoms with Crippen LogP contribution in [0.2, 0.25) is 0 Å². The summed E-state index contributed by atoms with van der Waals surface area (Å²) in [6.45, 7) is 2.40. The maximum Gasteiger partial charge on any atom is 0.240 e. The third-order valence-electron chi connectivity index (χ3n) is 4.22. The van der Waals surface area contributed by atoms with E-state index in [4.69, 9.17) is 10.5 Å². The highest BCUT2D eigenvalue weighted by Gasteiger charge is 2.46. The Morgan fingerprint density at radius 2 is 2.24 bits per heavy atom. The van der Waals surface area contributed by atoms with Crippen LogP contribution in [0.15, 0.2) is 18.2 Å². The molecule has 0 spiro atoms. The lowest BCUT2D eigenvalue weighted by atomic mass is 10.1. The Bertz CT molecular complexity index is 553. The summed E-state index contributed by atoms with van der Waals surface area (Å²) in [5.74, 6) is 0.316. The number of nitrogens with two attached hydrogens (primary N) is 1. The fraction of sp³-hybridized carbons (Fsp3) is 0.562. The van der Waals surface area contributed by atoms with E-state index in [0.717, 1.165) is 0 Å². The number of rotatable bonds is 6. The second-order valence-corrected chi connectivity index (χ2v) is 6.30. The Labute approximate surface area is 123 Å². The number of carbonyl (C=O) groups excluding carboxylic acids is 1. The Balaban J connectivity index is 1.61. The molecule has 3 rings (SSSR count). The molecular formula is C16H21FN2O2. The first-order chi connectivity index (χ1) is 9.98. The van der Waals surface area contributed by atoms with E-state index in [1.165, 1.54) is 18.9 Å². The number of hydrogen-bond donors (Lipinski definition) is 2. The third-order valence-corrected chi connectivity index (χ3v) is 4.22. The van der Waals surface area contributed by atoms with Crippen LogP contribution in [-0.2, 0) is 4.79 Å². The molecule has 0 aromatic heterocycles. The van der Waals surface area contributed by atoms with Crippen LogP contribution < -0.4 is 15.8 Å². The van der Waals surface area contributed by atoms with Gasteiger partial charge in [0.15, 0.2) is 11.6 Å². The second kappa shape index (κ2) is 5.30. The van der Waals surface area contributed by atoms with E-state index >= 15 is 0 Å². The largest absolute Gasteiger partial charge is 0.490 e. The highest BCUT2D eigenvalue weighted by atomic mass is 19.1. The van der Waals surface area contributed by atoms with Crippen LogP contribution in [0, 0.1) is 11.7 Å². The van der Waals surface area contributed by atoms with Gasteiger partial charge in [-0.2, -0.15) is 0 Å². The Hall–Kier alpha value is -1.62. The van der Waals surface area contributed by atoms with Crippen LogP contribution >= 0.6 is 0 Å². The molecule has 1 unspecified atom stereocenters. The number of ether oxygens (including phenoxy) is 1. The highest BCUT2D eigenvalue weighted by Crippen LogP contribution is 2.33. The molecule has 4 nitrogen and oxygen atoms in total. The number of amides is 1. The molecular weight excluding hydrogens is 271 g/mol. The van der Waals surface area contributed by atoms with Crippen molar-refractivity contribution in [1.82, 2.24) is 5.32 Å². The van der Waals surface area contributed by atoms with Gasteiger partial charge in [0, 0.05) is 0 Å². The van der Waals surface area contributed by atoms with Crippen molar-refractivity contribution in [2.75, 3.05) is 6.61 Å². The van der Waals surface area contributed by atoms with Gasteiger partial charge in [-0.1, -0.05) is 6.07 Å². The lowest BCUT2D eigenvalue weighted by Gasteiger charge is -2.18. The summed E-state index contributed by atoms with van der Waals surface area (Å²) in [7, 11) is 0. The van der Waals surface area contributed by atoms with E-state index < -0.39 is 5.54 Å². The van der Waals surface area contributed by atoms with Crippen molar-refractivity contribution >= 4 is 5.91 Å². The predicted octanol–water partition coefficient (Wildman–Crippen LogP) is 2.28. The lowest BCUT2D eigenvalue weighted by Crippen LogP contribution is -2.43. The van der Waals surface area contributed by atoms with Crippen molar-refractivity contribution < 1.29 is 13.9 Å². The molecule has 0 bridgehead atoms. The summed E-state index contributed by atoms with van der Waals surface area (Å²) >= 11 is 0. The van der Waals surface area contributed by atoms with Crippen molar-refractivity contribution in [2.24, 2.45) is 11.7 Å². The van der Waals surface area contributed by atoms with E-state index in [0.29, 0.717) is 30.9 Å². The molecule has 21 heavy (non-hydrogen) atoms. The van der Waals surface area contributed by atoms with E-state index in [9.17, 15) is 9.18 Å². The first kappa shape index (κ1) is 14.3. The minimum absolute atomic E-state index is 0.163. The van der Waals surface area contributed by atoms with E-state index in [-0.39, 0.29) is 23.5 Å². The van der Waals surface area contributed by atoms with Crippen molar-refractivity contribution in [1.29, 1.82) is 0 Å². The molecule has 3 N–H and O–H groups in total. The molecule has 0 radical (unpaired) electrons. The number of nitrogens with one attached hydrogen (secondary N) is 1.